The highest BCUT2D eigenvalue weighted by Crippen LogP contribution is 2.24. The standard InChI is InChI=1S/C18H24N2O6S/c1-11-4-7-14(27(24,25)20-13-5-6-13)9-15(11)17(21)19-16(18(22)23)12-3-2-8-26-10-12/h4,7,9,12-13,16,20H,2-3,5-6,8,10H2,1H3,(H,19,21)(H,22,23). The van der Waals surface area contributed by atoms with Crippen molar-refractivity contribution >= 4 is 21.9 Å². The molecule has 27 heavy (non-hydrogen) atoms. The molecular weight excluding hydrogens is 372 g/mol. The maximum atomic E-state index is 12.7. The average molecular weight is 396 g/mol. The molecule has 2 atom stereocenters. The molecule has 0 spiro atoms. The van der Waals surface area contributed by atoms with Crippen LogP contribution in [0.5, 0.6) is 0 Å². The molecule has 1 saturated carbocycles. The third-order valence-electron chi connectivity index (χ3n) is 4.88. The fourth-order valence-corrected chi connectivity index (χ4v) is 4.46. The van der Waals surface area contributed by atoms with E-state index in [4.69, 9.17) is 4.74 Å². The van der Waals surface area contributed by atoms with Crippen LogP contribution < -0.4 is 10.0 Å². The highest BCUT2D eigenvalue weighted by Gasteiger charge is 2.32. The van der Waals surface area contributed by atoms with Gasteiger partial charge in [0, 0.05) is 24.1 Å². The number of benzene rings is 1. The van der Waals surface area contributed by atoms with Gasteiger partial charge in [-0.25, -0.2) is 17.9 Å². The summed E-state index contributed by atoms with van der Waals surface area (Å²) in [5, 5.41) is 12.0. The van der Waals surface area contributed by atoms with Gasteiger partial charge in [0.1, 0.15) is 6.04 Å². The molecule has 0 radical (unpaired) electrons. The number of rotatable bonds is 7. The van der Waals surface area contributed by atoms with Crippen LogP contribution >= 0.6 is 0 Å². The summed E-state index contributed by atoms with van der Waals surface area (Å²) in [6.45, 7) is 2.54. The molecule has 8 nitrogen and oxygen atoms in total. The van der Waals surface area contributed by atoms with Gasteiger partial charge in [-0.2, -0.15) is 0 Å². The van der Waals surface area contributed by atoms with Crippen molar-refractivity contribution in [2.75, 3.05) is 13.2 Å². The van der Waals surface area contributed by atoms with Gasteiger partial charge in [-0.05, 0) is 50.3 Å². The van der Waals surface area contributed by atoms with Gasteiger partial charge in [0.15, 0.2) is 0 Å². The van der Waals surface area contributed by atoms with Crippen LogP contribution in [0.15, 0.2) is 23.1 Å². The predicted octanol–water partition coefficient (Wildman–Crippen LogP) is 1.05. The Labute approximate surface area is 158 Å². The molecule has 2 aliphatic rings. The van der Waals surface area contributed by atoms with Gasteiger partial charge in [-0.1, -0.05) is 6.07 Å². The number of aryl methyl sites for hydroxylation is 1. The van der Waals surface area contributed by atoms with E-state index in [1.54, 1.807) is 13.0 Å². The second kappa shape index (κ2) is 7.95. The van der Waals surface area contributed by atoms with Gasteiger partial charge in [-0.15, -0.1) is 0 Å². The number of hydrogen-bond acceptors (Lipinski definition) is 5. The van der Waals surface area contributed by atoms with Crippen LogP contribution in [0.1, 0.15) is 41.6 Å². The number of aliphatic carboxylic acids is 1. The Morgan fingerprint density at radius 2 is 2.00 bits per heavy atom. The van der Waals surface area contributed by atoms with Gasteiger partial charge >= 0.3 is 5.97 Å². The molecule has 3 N–H and O–H groups in total. The first kappa shape index (κ1) is 19.8. The second-order valence-corrected chi connectivity index (χ2v) is 8.85. The van der Waals surface area contributed by atoms with E-state index >= 15 is 0 Å². The molecule has 1 aliphatic heterocycles. The third kappa shape index (κ3) is 4.85. The molecule has 9 heteroatoms. The number of hydrogen-bond donors (Lipinski definition) is 3. The molecule has 2 fully saturated rings. The molecule has 0 aromatic heterocycles. The summed E-state index contributed by atoms with van der Waals surface area (Å²) in [7, 11) is -3.70. The molecule has 1 aromatic carbocycles. The minimum Gasteiger partial charge on any atom is -0.480 e. The van der Waals surface area contributed by atoms with Crippen LogP contribution in [0.2, 0.25) is 0 Å². The van der Waals surface area contributed by atoms with Crippen molar-refractivity contribution < 1.29 is 27.9 Å². The number of carbonyl (C=O) groups excluding carboxylic acids is 1. The summed E-state index contributed by atoms with van der Waals surface area (Å²) in [6.07, 6.45) is 3.00. The molecule has 1 heterocycles. The first-order valence-electron chi connectivity index (χ1n) is 9.02. The molecule has 1 aliphatic carbocycles. The van der Waals surface area contributed by atoms with E-state index < -0.39 is 27.9 Å². The van der Waals surface area contributed by atoms with Crippen molar-refractivity contribution in [3.05, 3.63) is 29.3 Å². The molecule has 148 valence electrons. The topological polar surface area (TPSA) is 122 Å². The van der Waals surface area contributed by atoms with Gasteiger partial charge in [0.05, 0.1) is 11.5 Å². The van der Waals surface area contributed by atoms with E-state index in [-0.39, 0.29) is 29.0 Å². The van der Waals surface area contributed by atoms with Gasteiger partial charge in [0.2, 0.25) is 10.0 Å². The molecule has 1 aromatic rings. The van der Waals surface area contributed by atoms with E-state index in [0.29, 0.717) is 18.6 Å². The Bertz CT molecular complexity index is 828. The van der Waals surface area contributed by atoms with Crippen LogP contribution in [0, 0.1) is 12.8 Å². The maximum absolute atomic E-state index is 12.7. The fraction of sp³-hybridized carbons (Fsp3) is 0.556. The Morgan fingerprint density at radius 1 is 1.26 bits per heavy atom. The summed E-state index contributed by atoms with van der Waals surface area (Å²) in [6, 6.07) is 3.17. The van der Waals surface area contributed by atoms with Gasteiger partial charge < -0.3 is 15.2 Å². The summed E-state index contributed by atoms with van der Waals surface area (Å²) in [5.74, 6) is -2.05. The van der Waals surface area contributed by atoms with Crippen LogP contribution in [-0.2, 0) is 19.6 Å². The summed E-state index contributed by atoms with van der Waals surface area (Å²) < 4.78 is 32.7. The Balaban J connectivity index is 1.80. The van der Waals surface area contributed by atoms with Gasteiger partial charge in [0.25, 0.3) is 5.91 Å². The number of sulfonamides is 1. The van der Waals surface area contributed by atoms with Crippen molar-refractivity contribution in [3.8, 4) is 0 Å². The number of carboxylic acid groups (broad SMARTS) is 1. The number of carboxylic acids is 1. The zero-order chi connectivity index (χ0) is 19.6. The predicted molar refractivity (Wildman–Crippen MR) is 97.0 cm³/mol. The highest BCUT2D eigenvalue weighted by molar-refractivity contribution is 7.89. The molecule has 0 bridgehead atoms. The average Bonchev–Trinajstić information content (AvgIpc) is 3.43. The second-order valence-electron chi connectivity index (χ2n) is 7.14. The maximum Gasteiger partial charge on any atom is 0.326 e. The normalized spacial score (nSPS) is 21.4. The third-order valence-corrected chi connectivity index (χ3v) is 6.40. The van der Waals surface area contributed by atoms with Crippen LogP contribution in [0.25, 0.3) is 0 Å². The number of amides is 1. The van der Waals surface area contributed by atoms with Crippen molar-refractivity contribution in [2.45, 2.75) is 49.6 Å². The summed E-state index contributed by atoms with van der Waals surface area (Å²) in [5.41, 5.74) is 0.721. The Morgan fingerprint density at radius 3 is 2.59 bits per heavy atom. The fourth-order valence-electron chi connectivity index (χ4n) is 3.13. The molecule has 3 rings (SSSR count). The van der Waals surface area contributed by atoms with Crippen molar-refractivity contribution in [3.63, 3.8) is 0 Å². The lowest BCUT2D eigenvalue weighted by molar-refractivity contribution is -0.142. The van der Waals surface area contributed by atoms with E-state index in [9.17, 15) is 23.1 Å². The highest BCUT2D eigenvalue weighted by atomic mass is 32.2. The minimum atomic E-state index is -3.70. The van der Waals surface area contributed by atoms with Crippen molar-refractivity contribution in [2.24, 2.45) is 5.92 Å². The SMILES string of the molecule is Cc1ccc(S(=O)(=O)NC2CC2)cc1C(=O)NC(C(=O)O)C1CCCOC1. The minimum absolute atomic E-state index is 0.00183. The molecule has 1 saturated heterocycles. The quantitative estimate of drug-likeness (QED) is 0.633. The van der Waals surface area contributed by atoms with E-state index in [1.165, 1.54) is 12.1 Å². The largest absolute Gasteiger partial charge is 0.480 e. The smallest absolute Gasteiger partial charge is 0.326 e. The molecule has 2 unspecified atom stereocenters. The van der Waals surface area contributed by atoms with Crippen LogP contribution in [-0.4, -0.2) is 50.7 Å². The monoisotopic (exact) mass is 396 g/mol. The van der Waals surface area contributed by atoms with Crippen molar-refractivity contribution in [1.29, 1.82) is 0 Å². The number of ether oxygens (including phenoxy) is 1. The Hall–Kier alpha value is -1.97. The van der Waals surface area contributed by atoms with Crippen molar-refractivity contribution in [1.82, 2.24) is 10.0 Å². The van der Waals surface area contributed by atoms with E-state index in [0.717, 1.165) is 19.3 Å². The molecular formula is C18H24N2O6S. The van der Waals surface area contributed by atoms with E-state index in [2.05, 4.69) is 10.0 Å². The lowest BCUT2D eigenvalue weighted by Gasteiger charge is -2.28. The number of carbonyl (C=O) groups is 2. The summed E-state index contributed by atoms with van der Waals surface area (Å²) >= 11 is 0. The molecule has 1 amide bonds. The Kier molecular flexibility index (Phi) is 5.83. The van der Waals surface area contributed by atoms with Crippen LogP contribution in [0.3, 0.4) is 0 Å². The lowest BCUT2D eigenvalue weighted by Crippen LogP contribution is -2.48. The number of nitrogens with one attached hydrogen (secondary N) is 2. The van der Waals surface area contributed by atoms with E-state index in [1.807, 2.05) is 0 Å². The lowest BCUT2D eigenvalue weighted by atomic mass is 9.93. The first-order chi connectivity index (χ1) is 12.8. The first-order valence-corrected chi connectivity index (χ1v) is 10.5. The summed E-state index contributed by atoms with van der Waals surface area (Å²) in [4.78, 5) is 24.3. The zero-order valence-corrected chi connectivity index (χ0v) is 15.9. The van der Waals surface area contributed by atoms with Gasteiger partial charge in [-0.3, -0.25) is 4.79 Å². The zero-order valence-electron chi connectivity index (χ0n) is 15.1. The van der Waals surface area contributed by atoms with Crippen LogP contribution in [0.4, 0.5) is 0 Å².